The van der Waals surface area contributed by atoms with E-state index in [1.807, 2.05) is 0 Å². The lowest BCUT2D eigenvalue weighted by atomic mass is 10.2. The third-order valence-corrected chi connectivity index (χ3v) is 1.74. The zero-order valence-corrected chi connectivity index (χ0v) is 8.94. The summed E-state index contributed by atoms with van der Waals surface area (Å²) in [7, 11) is 3.00. The quantitative estimate of drug-likeness (QED) is 0.542. The SMILES string of the molecule is COCOc1c(OC)ccnc1C(C)=O. The van der Waals surface area contributed by atoms with Gasteiger partial charge < -0.3 is 14.2 Å². The van der Waals surface area contributed by atoms with E-state index in [1.165, 1.54) is 27.3 Å². The van der Waals surface area contributed by atoms with Crippen LogP contribution in [0.3, 0.4) is 0 Å². The fourth-order valence-electron chi connectivity index (χ4n) is 1.10. The molecule has 0 N–H and O–H groups in total. The number of hydrogen-bond donors (Lipinski definition) is 0. The molecule has 5 heteroatoms. The molecule has 0 saturated heterocycles. The largest absolute Gasteiger partial charge is 0.493 e. The van der Waals surface area contributed by atoms with Crippen molar-refractivity contribution in [3.05, 3.63) is 18.0 Å². The molecule has 0 amide bonds. The summed E-state index contributed by atoms with van der Waals surface area (Å²) >= 11 is 0. The van der Waals surface area contributed by atoms with E-state index in [1.54, 1.807) is 6.07 Å². The Bertz CT molecular complexity index is 351. The van der Waals surface area contributed by atoms with Crippen molar-refractivity contribution in [2.24, 2.45) is 0 Å². The van der Waals surface area contributed by atoms with Crippen molar-refractivity contribution in [1.29, 1.82) is 0 Å². The Morgan fingerprint density at radius 3 is 2.73 bits per heavy atom. The summed E-state index contributed by atoms with van der Waals surface area (Å²) in [5.41, 5.74) is 0.242. The Morgan fingerprint density at radius 1 is 1.47 bits per heavy atom. The van der Waals surface area contributed by atoms with Gasteiger partial charge in [0.25, 0.3) is 0 Å². The normalized spacial score (nSPS) is 9.80. The van der Waals surface area contributed by atoms with Gasteiger partial charge in [-0.1, -0.05) is 0 Å². The van der Waals surface area contributed by atoms with E-state index in [4.69, 9.17) is 14.2 Å². The highest BCUT2D eigenvalue weighted by Gasteiger charge is 2.15. The molecule has 0 saturated carbocycles. The van der Waals surface area contributed by atoms with E-state index in [-0.39, 0.29) is 18.3 Å². The first-order valence-electron chi connectivity index (χ1n) is 4.36. The van der Waals surface area contributed by atoms with Gasteiger partial charge in [-0.3, -0.25) is 4.79 Å². The lowest BCUT2D eigenvalue weighted by molar-refractivity contribution is 0.0479. The van der Waals surface area contributed by atoms with Crippen molar-refractivity contribution in [3.63, 3.8) is 0 Å². The standard InChI is InChI=1S/C10H13NO4/c1-7(12)9-10(15-6-13-2)8(14-3)4-5-11-9/h4-5H,6H2,1-3H3. The molecule has 0 aliphatic heterocycles. The van der Waals surface area contributed by atoms with Crippen molar-refractivity contribution in [3.8, 4) is 11.5 Å². The molecule has 0 unspecified atom stereocenters. The third-order valence-electron chi connectivity index (χ3n) is 1.74. The molecule has 0 aliphatic rings. The number of methoxy groups -OCH3 is 2. The van der Waals surface area contributed by atoms with Crippen molar-refractivity contribution < 1.29 is 19.0 Å². The van der Waals surface area contributed by atoms with Crippen LogP contribution in [0, 0.1) is 0 Å². The van der Waals surface area contributed by atoms with E-state index in [0.717, 1.165) is 0 Å². The first-order chi connectivity index (χ1) is 7.20. The lowest BCUT2D eigenvalue weighted by Gasteiger charge is -2.11. The van der Waals surface area contributed by atoms with E-state index in [0.29, 0.717) is 11.5 Å². The number of ether oxygens (including phenoxy) is 3. The highest BCUT2D eigenvalue weighted by molar-refractivity contribution is 5.95. The van der Waals surface area contributed by atoms with Crippen LogP contribution in [0.25, 0.3) is 0 Å². The van der Waals surface area contributed by atoms with Gasteiger partial charge >= 0.3 is 0 Å². The van der Waals surface area contributed by atoms with E-state index >= 15 is 0 Å². The molecule has 1 aromatic heterocycles. The van der Waals surface area contributed by atoms with Crippen LogP contribution in [0.4, 0.5) is 0 Å². The molecule has 82 valence electrons. The predicted molar refractivity (Wildman–Crippen MR) is 53.3 cm³/mol. The van der Waals surface area contributed by atoms with Crippen molar-refractivity contribution in [1.82, 2.24) is 4.98 Å². The van der Waals surface area contributed by atoms with Gasteiger partial charge in [0.1, 0.15) is 0 Å². The second kappa shape index (κ2) is 5.31. The van der Waals surface area contributed by atoms with Crippen LogP contribution in [0.2, 0.25) is 0 Å². The van der Waals surface area contributed by atoms with Gasteiger partial charge in [0.2, 0.25) is 0 Å². The second-order valence-corrected chi connectivity index (χ2v) is 2.80. The van der Waals surface area contributed by atoms with Crippen LogP contribution in [0.5, 0.6) is 11.5 Å². The van der Waals surface area contributed by atoms with Gasteiger partial charge in [-0.2, -0.15) is 0 Å². The molecule has 0 aliphatic carbocycles. The zero-order valence-electron chi connectivity index (χ0n) is 8.94. The maximum atomic E-state index is 11.3. The number of ketones is 1. The minimum atomic E-state index is -0.181. The fraction of sp³-hybridized carbons (Fsp3) is 0.400. The van der Waals surface area contributed by atoms with Crippen molar-refractivity contribution in [2.45, 2.75) is 6.92 Å². The highest BCUT2D eigenvalue weighted by Crippen LogP contribution is 2.29. The molecular formula is C10H13NO4. The molecule has 1 heterocycles. The second-order valence-electron chi connectivity index (χ2n) is 2.80. The van der Waals surface area contributed by atoms with Crippen molar-refractivity contribution in [2.75, 3.05) is 21.0 Å². The maximum absolute atomic E-state index is 11.3. The molecule has 15 heavy (non-hydrogen) atoms. The molecular weight excluding hydrogens is 198 g/mol. The monoisotopic (exact) mass is 211 g/mol. The van der Waals surface area contributed by atoms with Gasteiger partial charge in [0, 0.05) is 26.3 Å². The highest BCUT2D eigenvalue weighted by atomic mass is 16.7. The van der Waals surface area contributed by atoms with Crippen LogP contribution in [-0.4, -0.2) is 31.8 Å². The summed E-state index contributed by atoms with van der Waals surface area (Å²) in [5, 5.41) is 0. The smallest absolute Gasteiger partial charge is 0.193 e. The molecule has 1 aromatic rings. The molecule has 0 aromatic carbocycles. The summed E-state index contributed by atoms with van der Waals surface area (Å²) in [5.74, 6) is 0.599. The first kappa shape index (κ1) is 11.5. The van der Waals surface area contributed by atoms with E-state index < -0.39 is 0 Å². The molecule has 0 fully saturated rings. The minimum Gasteiger partial charge on any atom is -0.493 e. The van der Waals surface area contributed by atoms with Crippen LogP contribution in [0.1, 0.15) is 17.4 Å². The van der Waals surface area contributed by atoms with Crippen molar-refractivity contribution >= 4 is 5.78 Å². The van der Waals surface area contributed by atoms with Gasteiger partial charge in [-0.05, 0) is 0 Å². The summed E-state index contributed by atoms with van der Waals surface area (Å²) in [4.78, 5) is 15.2. The Kier molecular flexibility index (Phi) is 4.05. The topological polar surface area (TPSA) is 57.6 Å². The number of aromatic nitrogens is 1. The third kappa shape index (κ3) is 2.66. The number of carbonyl (C=O) groups excluding carboxylic acids is 1. The summed E-state index contributed by atoms with van der Waals surface area (Å²) in [6.45, 7) is 1.46. The maximum Gasteiger partial charge on any atom is 0.193 e. The fourth-order valence-corrected chi connectivity index (χ4v) is 1.10. The Balaban J connectivity index is 3.08. The molecule has 1 rings (SSSR count). The number of Topliss-reactive ketones (excluding diaryl/α,β-unsaturated/α-hetero) is 1. The molecule has 0 radical (unpaired) electrons. The van der Waals surface area contributed by atoms with Crippen LogP contribution in [0.15, 0.2) is 12.3 Å². The van der Waals surface area contributed by atoms with Gasteiger partial charge in [0.05, 0.1) is 7.11 Å². The van der Waals surface area contributed by atoms with Gasteiger partial charge in [0.15, 0.2) is 29.8 Å². The first-order valence-corrected chi connectivity index (χ1v) is 4.36. The average molecular weight is 211 g/mol. The predicted octanol–water partition coefficient (Wildman–Crippen LogP) is 1.28. The average Bonchev–Trinajstić information content (AvgIpc) is 2.25. The Labute approximate surface area is 88.0 Å². The number of rotatable bonds is 5. The van der Waals surface area contributed by atoms with Gasteiger partial charge in [-0.15, -0.1) is 0 Å². The summed E-state index contributed by atoms with van der Waals surface area (Å²) in [6.07, 6.45) is 1.50. The minimum absolute atomic E-state index is 0.0440. The molecule has 0 spiro atoms. The van der Waals surface area contributed by atoms with Crippen LogP contribution in [-0.2, 0) is 4.74 Å². The number of carbonyl (C=O) groups is 1. The Hall–Kier alpha value is -1.62. The van der Waals surface area contributed by atoms with Crippen LogP contribution >= 0.6 is 0 Å². The lowest BCUT2D eigenvalue weighted by Crippen LogP contribution is -2.07. The summed E-state index contributed by atoms with van der Waals surface area (Å²) < 4.78 is 15.1. The Morgan fingerprint density at radius 2 is 2.20 bits per heavy atom. The summed E-state index contributed by atoms with van der Waals surface area (Å²) in [6, 6.07) is 1.62. The number of hydrogen-bond acceptors (Lipinski definition) is 5. The van der Waals surface area contributed by atoms with Gasteiger partial charge in [-0.25, -0.2) is 4.98 Å². The zero-order chi connectivity index (χ0) is 11.3. The number of nitrogens with zero attached hydrogens (tertiary/aromatic N) is 1. The molecule has 5 nitrogen and oxygen atoms in total. The molecule has 0 atom stereocenters. The van der Waals surface area contributed by atoms with E-state index in [9.17, 15) is 4.79 Å². The van der Waals surface area contributed by atoms with Crippen LogP contribution < -0.4 is 9.47 Å². The number of pyridine rings is 1. The van der Waals surface area contributed by atoms with E-state index in [2.05, 4.69) is 4.98 Å². The molecule has 0 bridgehead atoms.